The Morgan fingerprint density at radius 1 is 1.64 bits per heavy atom. The smallest absolute Gasteiger partial charge is 0.326 e. The predicted molar refractivity (Wildman–Crippen MR) is 59.3 cm³/mol. The Labute approximate surface area is 89.8 Å². The summed E-state index contributed by atoms with van der Waals surface area (Å²) in [6.45, 7) is 4.36. The second kappa shape index (κ2) is 5.03. The lowest BCUT2D eigenvalue weighted by molar-refractivity contribution is -0.149. The highest BCUT2D eigenvalue weighted by Gasteiger charge is 2.43. The molecular formula is C10H19NO2S. The number of esters is 1. The van der Waals surface area contributed by atoms with Crippen LogP contribution in [0, 0.1) is 0 Å². The summed E-state index contributed by atoms with van der Waals surface area (Å²) in [6, 6.07) is 0. The van der Waals surface area contributed by atoms with Crippen LogP contribution < -0.4 is 5.73 Å². The van der Waals surface area contributed by atoms with Crippen LogP contribution in [0.4, 0.5) is 0 Å². The van der Waals surface area contributed by atoms with Crippen LogP contribution in [0.2, 0.25) is 0 Å². The second-order valence-electron chi connectivity index (χ2n) is 3.70. The molecule has 2 N–H and O–H groups in total. The van der Waals surface area contributed by atoms with Crippen molar-refractivity contribution in [3.05, 3.63) is 0 Å². The maximum absolute atomic E-state index is 11.6. The molecule has 82 valence electrons. The summed E-state index contributed by atoms with van der Waals surface area (Å²) < 4.78 is 4.98. The van der Waals surface area contributed by atoms with Gasteiger partial charge in [-0.25, -0.2) is 0 Å². The topological polar surface area (TPSA) is 52.3 Å². The van der Waals surface area contributed by atoms with Crippen LogP contribution >= 0.6 is 11.8 Å². The van der Waals surface area contributed by atoms with Crippen LogP contribution in [-0.2, 0) is 9.53 Å². The molecule has 2 unspecified atom stereocenters. The molecule has 0 spiro atoms. The highest BCUT2D eigenvalue weighted by atomic mass is 32.2. The molecule has 0 aliphatic heterocycles. The molecule has 1 rings (SSSR count). The lowest BCUT2D eigenvalue weighted by Crippen LogP contribution is -2.47. The molecule has 0 aromatic carbocycles. The van der Waals surface area contributed by atoms with Crippen LogP contribution in [0.3, 0.4) is 0 Å². The van der Waals surface area contributed by atoms with Crippen LogP contribution in [0.25, 0.3) is 0 Å². The van der Waals surface area contributed by atoms with E-state index in [0.717, 1.165) is 25.0 Å². The number of nitrogens with two attached hydrogens (primary N) is 1. The van der Waals surface area contributed by atoms with Gasteiger partial charge in [-0.1, -0.05) is 6.92 Å². The minimum atomic E-state index is -0.706. The van der Waals surface area contributed by atoms with Gasteiger partial charge < -0.3 is 10.5 Å². The van der Waals surface area contributed by atoms with E-state index in [1.165, 1.54) is 0 Å². The zero-order valence-corrected chi connectivity index (χ0v) is 9.73. The summed E-state index contributed by atoms with van der Waals surface area (Å²) in [5.74, 6) is 0.864. The SMILES string of the molecule is CCOC(=O)C1(N)CCC(SCC)C1. The van der Waals surface area contributed by atoms with E-state index >= 15 is 0 Å². The first-order valence-corrected chi connectivity index (χ1v) is 6.25. The van der Waals surface area contributed by atoms with Gasteiger partial charge in [-0.3, -0.25) is 4.79 Å². The first-order valence-electron chi connectivity index (χ1n) is 5.20. The lowest BCUT2D eigenvalue weighted by Gasteiger charge is -2.21. The summed E-state index contributed by atoms with van der Waals surface area (Å²) in [5, 5.41) is 0.536. The van der Waals surface area contributed by atoms with Crippen LogP contribution in [0.15, 0.2) is 0 Å². The molecule has 1 aliphatic carbocycles. The molecule has 0 amide bonds. The first kappa shape index (κ1) is 11.9. The molecule has 0 radical (unpaired) electrons. The van der Waals surface area contributed by atoms with Gasteiger partial charge in [-0.05, 0) is 31.9 Å². The fraction of sp³-hybridized carbons (Fsp3) is 0.900. The van der Waals surface area contributed by atoms with E-state index in [1.54, 1.807) is 0 Å². The fourth-order valence-corrected chi connectivity index (χ4v) is 3.04. The summed E-state index contributed by atoms with van der Waals surface area (Å²) in [6.07, 6.45) is 2.57. The maximum atomic E-state index is 11.6. The summed E-state index contributed by atoms with van der Waals surface area (Å²) in [5.41, 5.74) is 5.32. The van der Waals surface area contributed by atoms with E-state index in [2.05, 4.69) is 6.92 Å². The summed E-state index contributed by atoms with van der Waals surface area (Å²) >= 11 is 1.89. The van der Waals surface area contributed by atoms with E-state index in [0.29, 0.717) is 11.9 Å². The van der Waals surface area contributed by atoms with Crippen molar-refractivity contribution in [2.24, 2.45) is 5.73 Å². The van der Waals surface area contributed by atoms with Crippen molar-refractivity contribution in [3.8, 4) is 0 Å². The Balaban J connectivity index is 2.48. The summed E-state index contributed by atoms with van der Waals surface area (Å²) in [4.78, 5) is 11.6. The first-order chi connectivity index (χ1) is 6.62. The standard InChI is InChI=1S/C10H19NO2S/c1-3-13-9(12)10(11)6-5-8(7-10)14-4-2/h8H,3-7,11H2,1-2H3. The van der Waals surface area contributed by atoms with Crippen LogP contribution in [0.5, 0.6) is 0 Å². The molecular weight excluding hydrogens is 198 g/mol. The van der Waals surface area contributed by atoms with E-state index in [-0.39, 0.29) is 5.97 Å². The number of carbonyl (C=O) groups is 1. The Bertz CT molecular complexity index is 210. The molecule has 0 heterocycles. The molecule has 1 aliphatic rings. The zero-order valence-electron chi connectivity index (χ0n) is 8.91. The number of hydrogen-bond donors (Lipinski definition) is 1. The molecule has 2 atom stereocenters. The lowest BCUT2D eigenvalue weighted by atomic mass is 10.00. The van der Waals surface area contributed by atoms with Crippen molar-refractivity contribution in [1.82, 2.24) is 0 Å². The number of carbonyl (C=O) groups excluding carboxylic acids is 1. The molecule has 0 aromatic rings. The largest absolute Gasteiger partial charge is 0.465 e. The number of rotatable bonds is 4. The Morgan fingerprint density at radius 2 is 2.36 bits per heavy atom. The minimum Gasteiger partial charge on any atom is -0.465 e. The minimum absolute atomic E-state index is 0.223. The van der Waals surface area contributed by atoms with Crippen LogP contribution in [0.1, 0.15) is 33.1 Å². The van der Waals surface area contributed by atoms with Gasteiger partial charge in [0.05, 0.1) is 6.61 Å². The molecule has 1 saturated carbocycles. The average molecular weight is 217 g/mol. The van der Waals surface area contributed by atoms with E-state index in [4.69, 9.17) is 10.5 Å². The molecule has 1 fully saturated rings. The third-order valence-electron chi connectivity index (χ3n) is 2.59. The van der Waals surface area contributed by atoms with Gasteiger partial charge in [0, 0.05) is 5.25 Å². The van der Waals surface area contributed by atoms with Crippen molar-refractivity contribution in [3.63, 3.8) is 0 Å². The van der Waals surface area contributed by atoms with Crippen molar-refractivity contribution < 1.29 is 9.53 Å². The van der Waals surface area contributed by atoms with Gasteiger partial charge in [0.2, 0.25) is 0 Å². The van der Waals surface area contributed by atoms with Crippen molar-refractivity contribution in [2.75, 3.05) is 12.4 Å². The molecule has 4 heteroatoms. The second-order valence-corrected chi connectivity index (χ2v) is 5.27. The van der Waals surface area contributed by atoms with Gasteiger partial charge in [-0.2, -0.15) is 11.8 Å². The van der Waals surface area contributed by atoms with Crippen molar-refractivity contribution in [1.29, 1.82) is 0 Å². The van der Waals surface area contributed by atoms with Gasteiger partial charge in [0.1, 0.15) is 5.54 Å². The highest BCUT2D eigenvalue weighted by molar-refractivity contribution is 7.99. The zero-order chi connectivity index (χ0) is 10.6. The monoisotopic (exact) mass is 217 g/mol. The van der Waals surface area contributed by atoms with Gasteiger partial charge in [-0.15, -0.1) is 0 Å². The third kappa shape index (κ3) is 2.64. The van der Waals surface area contributed by atoms with Gasteiger partial charge >= 0.3 is 5.97 Å². The number of thioether (sulfide) groups is 1. The number of ether oxygens (including phenoxy) is 1. The van der Waals surface area contributed by atoms with Gasteiger partial charge in [0.15, 0.2) is 0 Å². The van der Waals surface area contributed by atoms with Crippen molar-refractivity contribution in [2.45, 2.75) is 43.9 Å². The van der Waals surface area contributed by atoms with Gasteiger partial charge in [0.25, 0.3) is 0 Å². The normalized spacial score (nSPS) is 31.8. The van der Waals surface area contributed by atoms with E-state index in [9.17, 15) is 4.79 Å². The van der Waals surface area contributed by atoms with E-state index in [1.807, 2.05) is 18.7 Å². The number of hydrogen-bond acceptors (Lipinski definition) is 4. The average Bonchev–Trinajstić information content (AvgIpc) is 2.50. The Morgan fingerprint density at radius 3 is 2.93 bits per heavy atom. The molecule has 0 aromatic heterocycles. The Kier molecular flexibility index (Phi) is 4.26. The molecule has 3 nitrogen and oxygen atoms in total. The Hall–Kier alpha value is -0.220. The third-order valence-corrected chi connectivity index (χ3v) is 3.80. The van der Waals surface area contributed by atoms with E-state index < -0.39 is 5.54 Å². The molecule has 0 bridgehead atoms. The quantitative estimate of drug-likeness (QED) is 0.726. The summed E-state index contributed by atoms with van der Waals surface area (Å²) in [7, 11) is 0. The fourth-order valence-electron chi connectivity index (χ4n) is 1.87. The molecule has 14 heavy (non-hydrogen) atoms. The predicted octanol–water partition coefficient (Wildman–Crippen LogP) is 1.55. The van der Waals surface area contributed by atoms with Crippen molar-refractivity contribution >= 4 is 17.7 Å². The highest BCUT2D eigenvalue weighted by Crippen LogP contribution is 2.36. The van der Waals surface area contributed by atoms with Crippen LogP contribution in [-0.4, -0.2) is 29.1 Å². The maximum Gasteiger partial charge on any atom is 0.326 e. The molecule has 0 saturated heterocycles.